The molecule has 1 N–H and O–H groups in total. The van der Waals surface area contributed by atoms with E-state index in [1.165, 1.54) is 0 Å². The lowest BCUT2D eigenvalue weighted by atomic mass is 10.2. The topological polar surface area (TPSA) is 75.7 Å². The van der Waals surface area contributed by atoms with Gasteiger partial charge >= 0.3 is 0 Å². The molecule has 0 unspecified atom stereocenters. The number of carbonyl (C=O) groups is 3. The van der Waals surface area contributed by atoms with Crippen molar-refractivity contribution in [2.24, 2.45) is 0 Å². The van der Waals surface area contributed by atoms with E-state index in [4.69, 9.17) is 27.9 Å². The van der Waals surface area contributed by atoms with Crippen LogP contribution >= 0.6 is 35.0 Å². The summed E-state index contributed by atoms with van der Waals surface area (Å²) in [5.74, 6) is -0.494. The molecule has 0 aromatic heterocycles. The first-order valence-electron chi connectivity index (χ1n) is 8.60. The Morgan fingerprint density at radius 1 is 1.14 bits per heavy atom. The van der Waals surface area contributed by atoms with Crippen molar-refractivity contribution in [3.8, 4) is 5.75 Å². The number of nitrogens with one attached hydrogen (secondary N) is 1. The van der Waals surface area contributed by atoms with Crippen molar-refractivity contribution in [1.29, 1.82) is 0 Å². The van der Waals surface area contributed by atoms with Crippen molar-refractivity contribution < 1.29 is 19.1 Å². The average Bonchev–Trinajstić information content (AvgIpc) is 2.93. The van der Waals surface area contributed by atoms with Crippen LogP contribution < -0.4 is 10.1 Å². The van der Waals surface area contributed by atoms with Crippen LogP contribution in [-0.4, -0.2) is 35.1 Å². The predicted octanol–water partition coefficient (Wildman–Crippen LogP) is 5.07. The second kappa shape index (κ2) is 9.35. The summed E-state index contributed by atoms with van der Waals surface area (Å²) in [5, 5.41) is 3.11. The van der Waals surface area contributed by atoms with Crippen molar-refractivity contribution in [1.82, 2.24) is 4.90 Å². The van der Waals surface area contributed by atoms with E-state index in [2.05, 4.69) is 5.32 Å². The summed E-state index contributed by atoms with van der Waals surface area (Å²) in [7, 11) is 0. The van der Waals surface area contributed by atoms with E-state index in [9.17, 15) is 14.4 Å². The van der Waals surface area contributed by atoms with Gasteiger partial charge in [-0.05, 0) is 67.2 Å². The van der Waals surface area contributed by atoms with E-state index in [-0.39, 0.29) is 4.91 Å². The quantitative estimate of drug-likeness (QED) is 0.621. The van der Waals surface area contributed by atoms with Gasteiger partial charge in [0.25, 0.3) is 11.1 Å². The Morgan fingerprint density at radius 2 is 1.83 bits per heavy atom. The third kappa shape index (κ3) is 5.32. The number of hydrogen-bond acceptors (Lipinski definition) is 5. The second-order valence-electron chi connectivity index (χ2n) is 5.94. The van der Waals surface area contributed by atoms with E-state index in [1.54, 1.807) is 48.5 Å². The number of thioether (sulfide) groups is 1. The number of imide groups is 1. The number of amides is 3. The smallest absolute Gasteiger partial charge is 0.294 e. The molecule has 150 valence electrons. The fourth-order valence-electron chi connectivity index (χ4n) is 2.57. The van der Waals surface area contributed by atoms with Crippen molar-refractivity contribution in [3.63, 3.8) is 0 Å². The highest BCUT2D eigenvalue weighted by Crippen LogP contribution is 2.34. The van der Waals surface area contributed by atoms with Crippen LogP contribution in [0.1, 0.15) is 12.5 Å². The van der Waals surface area contributed by atoms with Crippen LogP contribution in [0.25, 0.3) is 6.08 Å². The Kier molecular flexibility index (Phi) is 6.84. The highest BCUT2D eigenvalue weighted by Gasteiger charge is 2.36. The van der Waals surface area contributed by atoms with Crippen LogP contribution in [0.4, 0.5) is 10.5 Å². The van der Waals surface area contributed by atoms with Gasteiger partial charge < -0.3 is 10.1 Å². The molecule has 3 amide bonds. The third-order valence-corrected chi connectivity index (χ3v) is 5.26. The first kappa shape index (κ1) is 21.2. The minimum atomic E-state index is -0.548. The van der Waals surface area contributed by atoms with Gasteiger partial charge in [0.05, 0.1) is 11.5 Å². The standard InChI is InChI=1S/C20H16Cl2N2O4S/c1-2-28-16-8-5-14(22)9-12(16)10-17-19(26)24(20(27)29-17)11-18(25)23-15-6-3-13(21)4-7-15/h3-10H,2,11H2,1H3,(H,23,25)/b17-10-. The predicted molar refractivity (Wildman–Crippen MR) is 115 cm³/mol. The highest BCUT2D eigenvalue weighted by molar-refractivity contribution is 8.18. The number of nitrogens with zero attached hydrogens (tertiary/aromatic N) is 1. The Bertz CT molecular complexity index is 992. The SMILES string of the molecule is CCOc1ccc(Cl)cc1/C=C1\SC(=O)N(CC(=O)Nc2ccc(Cl)cc2)C1=O. The molecular weight excluding hydrogens is 435 g/mol. The molecule has 1 fully saturated rings. The number of ether oxygens (including phenoxy) is 1. The molecule has 6 nitrogen and oxygen atoms in total. The van der Waals surface area contributed by atoms with Gasteiger partial charge in [-0.3, -0.25) is 19.3 Å². The summed E-state index contributed by atoms with van der Waals surface area (Å²) in [6.45, 7) is 1.89. The van der Waals surface area contributed by atoms with Crippen molar-refractivity contribution in [2.75, 3.05) is 18.5 Å². The lowest BCUT2D eigenvalue weighted by molar-refractivity contribution is -0.127. The van der Waals surface area contributed by atoms with E-state index in [0.717, 1.165) is 16.7 Å². The Labute approximate surface area is 181 Å². The van der Waals surface area contributed by atoms with Crippen LogP contribution in [-0.2, 0) is 9.59 Å². The van der Waals surface area contributed by atoms with Crippen molar-refractivity contribution in [3.05, 3.63) is 63.0 Å². The normalized spacial score (nSPS) is 15.1. The minimum absolute atomic E-state index is 0.192. The zero-order chi connectivity index (χ0) is 21.0. The summed E-state index contributed by atoms with van der Waals surface area (Å²) in [5.41, 5.74) is 1.10. The van der Waals surface area contributed by atoms with E-state index < -0.39 is 23.6 Å². The summed E-state index contributed by atoms with van der Waals surface area (Å²) in [6, 6.07) is 11.5. The van der Waals surface area contributed by atoms with Gasteiger partial charge in [-0.25, -0.2) is 0 Å². The van der Waals surface area contributed by atoms with Gasteiger partial charge in [0.1, 0.15) is 12.3 Å². The first-order valence-corrected chi connectivity index (χ1v) is 10.2. The number of carbonyl (C=O) groups excluding carboxylic acids is 3. The van der Waals surface area contributed by atoms with Crippen LogP contribution in [0.3, 0.4) is 0 Å². The maximum Gasteiger partial charge on any atom is 0.294 e. The molecule has 3 rings (SSSR count). The highest BCUT2D eigenvalue weighted by atomic mass is 35.5. The minimum Gasteiger partial charge on any atom is -0.493 e. The molecule has 0 atom stereocenters. The molecule has 1 aliphatic rings. The number of anilines is 1. The Balaban J connectivity index is 1.74. The molecule has 0 saturated carbocycles. The zero-order valence-electron chi connectivity index (χ0n) is 15.3. The summed E-state index contributed by atoms with van der Waals surface area (Å²) < 4.78 is 5.53. The third-order valence-electron chi connectivity index (χ3n) is 3.86. The number of hydrogen-bond donors (Lipinski definition) is 1. The number of halogens is 2. The van der Waals surface area contributed by atoms with Crippen molar-refractivity contribution >= 4 is 63.8 Å². The maximum absolute atomic E-state index is 12.7. The van der Waals surface area contributed by atoms with E-state index in [0.29, 0.717) is 33.7 Å². The number of rotatable bonds is 6. The van der Waals surface area contributed by atoms with Crippen molar-refractivity contribution in [2.45, 2.75) is 6.92 Å². The molecule has 0 spiro atoms. The number of benzene rings is 2. The summed E-state index contributed by atoms with van der Waals surface area (Å²) >= 11 is 12.6. The molecule has 29 heavy (non-hydrogen) atoms. The molecule has 0 aliphatic carbocycles. The molecule has 1 saturated heterocycles. The molecule has 1 heterocycles. The summed E-state index contributed by atoms with van der Waals surface area (Å²) in [6.07, 6.45) is 1.54. The average molecular weight is 451 g/mol. The molecule has 1 aliphatic heterocycles. The van der Waals surface area contributed by atoms with Crippen LogP contribution in [0, 0.1) is 0 Å². The zero-order valence-corrected chi connectivity index (χ0v) is 17.6. The van der Waals surface area contributed by atoms with Crippen LogP contribution in [0.2, 0.25) is 10.0 Å². The molecule has 2 aromatic carbocycles. The fourth-order valence-corrected chi connectivity index (χ4v) is 3.71. The summed E-state index contributed by atoms with van der Waals surface area (Å²) in [4.78, 5) is 38.2. The first-order chi connectivity index (χ1) is 13.9. The monoisotopic (exact) mass is 450 g/mol. The van der Waals surface area contributed by atoms with Crippen LogP contribution in [0.5, 0.6) is 5.75 Å². The molecule has 9 heteroatoms. The Hall–Kier alpha value is -2.48. The van der Waals surface area contributed by atoms with Gasteiger partial charge in [-0.1, -0.05) is 23.2 Å². The Morgan fingerprint density at radius 3 is 2.52 bits per heavy atom. The van der Waals surface area contributed by atoms with Gasteiger partial charge in [0, 0.05) is 21.3 Å². The maximum atomic E-state index is 12.7. The molecule has 0 bridgehead atoms. The van der Waals surface area contributed by atoms with Gasteiger partial charge in [-0.15, -0.1) is 0 Å². The van der Waals surface area contributed by atoms with Gasteiger partial charge in [0.15, 0.2) is 0 Å². The lowest BCUT2D eigenvalue weighted by Gasteiger charge is -2.12. The van der Waals surface area contributed by atoms with Crippen LogP contribution in [0.15, 0.2) is 47.4 Å². The molecule has 2 aromatic rings. The lowest BCUT2D eigenvalue weighted by Crippen LogP contribution is -2.36. The second-order valence-corrected chi connectivity index (χ2v) is 7.80. The van der Waals surface area contributed by atoms with Gasteiger partial charge in [-0.2, -0.15) is 0 Å². The molecule has 0 radical (unpaired) electrons. The molecular formula is C20H16Cl2N2O4S. The van der Waals surface area contributed by atoms with E-state index >= 15 is 0 Å². The fraction of sp³-hybridized carbons (Fsp3) is 0.150. The largest absolute Gasteiger partial charge is 0.493 e. The van der Waals surface area contributed by atoms with E-state index in [1.807, 2.05) is 6.92 Å². The van der Waals surface area contributed by atoms with Gasteiger partial charge in [0.2, 0.25) is 5.91 Å².